The maximum absolute atomic E-state index is 12.6. The Bertz CT molecular complexity index is 884. The van der Waals surface area contributed by atoms with Gasteiger partial charge in [-0.25, -0.2) is 0 Å². The fourth-order valence-electron chi connectivity index (χ4n) is 3.32. The number of para-hydroxylation sites is 1. The minimum Gasteiger partial charge on any atom is -0.480 e. The van der Waals surface area contributed by atoms with E-state index in [0.29, 0.717) is 36.4 Å². The molecular formula is C22H30N6O4. The van der Waals surface area contributed by atoms with E-state index in [1.54, 1.807) is 36.4 Å². The van der Waals surface area contributed by atoms with Crippen LogP contribution in [0.25, 0.3) is 0 Å². The Morgan fingerprint density at radius 2 is 1.88 bits per heavy atom. The Balaban J connectivity index is 1.43. The Kier molecular flexibility index (Phi) is 8.90. The number of piperidine rings is 1. The van der Waals surface area contributed by atoms with Crippen molar-refractivity contribution in [3.8, 4) is 5.88 Å². The number of likely N-dealkylation sites (tertiary alicyclic amines) is 1. The first-order valence-electron chi connectivity index (χ1n) is 10.7. The summed E-state index contributed by atoms with van der Waals surface area (Å²) in [4.78, 5) is 27.3. The van der Waals surface area contributed by atoms with Gasteiger partial charge >= 0.3 is 0 Å². The monoisotopic (exact) mass is 442 g/mol. The number of amides is 2. The van der Waals surface area contributed by atoms with Crippen molar-refractivity contribution in [3.63, 3.8) is 0 Å². The number of carbonyl (C=O) groups is 2. The molecule has 0 spiro atoms. The average Bonchev–Trinajstić information content (AvgIpc) is 2.81. The molecule has 4 N–H and O–H groups in total. The van der Waals surface area contributed by atoms with Crippen LogP contribution >= 0.6 is 0 Å². The van der Waals surface area contributed by atoms with Crippen LogP contribution in [0, 0.1) is 0 Å². The number of hydrogen-bond donors (Lipinski definition) is 3. The molecule has 172 valence electrons. The van der Waals surface area contributed by atoms with Crippen molar-refractivity contribution in [1.29, 1.82) is 0 Å². The van der Waals surface area contributed by atoms with Gasteiger partial charge in [-0.2, -0.15) is 0 Å². The third-order valence-electron chi connectivity index (χ3n) is 5.19. The molecule has 1 aliphatic rings. The van der Waals surface area contributed by atoms with Crippen LogP contribution in [-0.4, -0.2) is 72.9 Å². The number of nitrogens with zero attached hydrogens (tertiary/aromatic N) is 3. The maximum atomic E-state index is 12.6. The lowest BCUT2D eigenvalue weighted by Gasteiger charge is -2.29. The molecular weight excluding hydrogens is 412 g/mol. The van der Waals surface area contributed by atoms with E-state index < -0.39 is 5.91 Å². The van der Waals surface area contributed by atoms with Crippen molar-refractivity contribution in [2.45, 2.75) is 25.3 Å². The van der Waals surface area contributed by atoms with E-state index in [1.165, 1.54) is 7.11 Å². The predicted octanol–water partition coefficient (Wildman–Crippen LogP) is 1.51. The summed E-state index contributed by atoms with van der Waals surface area (Å²) in [5, 5.41) is 13.1. The van der Waals surface area contributed by atoms with Crippen molar-refractivity contribution in [2.24, 2.45) is 5.73 Å². The van der Waals surface area contributed by atoms with Crippen LogP contribution in [0.3, 0.4) is 0 Å². The largest absolute Gasteiger partial charge is 0.480 e. The first-order valence-corrected chi connectivity index (χ1v) is 10.7. The van der Waals surface area contributed by atoms with Gasteiger partial charge < -0.3 is 30.7 Å². The molecule has 2 amide bonds. The van der Waals surface area contributed by atoms with E-state index >= 15 is 0 Å². The topological polar surface area (TPSA) is 132 Å². The van der Waals surface area contributed by atoms with Gasteiger partial charge in [0.1, 0.15) is 0 Å². The normalized spacial score (nSPS) is 14.7. The number of nitrogens with one attached hydrogen (secondary N) is 2. The number of ether oxygens (including phenoxy) is 2. The molecule has 1 fully saturated rings. The lowest BCUT2D eigenvalue weighted by Crippen LogP contribution is -2.41. The van der Waals surface area contributed by atoms with Crippen LogP contribution < -0.4 is 21.1 Å². The first kappa shape index (κ1) is 23.6. The molecule has 10 heteroatoms. The third-order valence-corrected chi connectivity index (χ3v) is 5.19. The summed E-state index contributed by atoms with van der Waals surface area (Å²) in [7, 11) is 1.48. The fraction of sp³-hybridized carbons (Fsp3) is 0.455. The van der Waals surface area contributed by atoms with Gasteiger partial charge in [-0.05, 0) is 44.1 Å². The number of nitrogens with two attached hydrogens (primary N) is 1. The number of anilines is 2. The number of rotatable bonds is 10. The lowest BCUT2D eigenvalue weighted by molar-refractivity contribution is -0.117. The summed E-state index contributed by atoms with van der Waals surface area (Å²) in [6.45, 7) is 3.71. The second-order valence-corrected chi connectivity index (χ2v) is 7.55. The van der Waals surface area contributed by atoms with Gasteiger partial charge in [-0.1, -0.05) is 12.1 Å². The van der Waals surface area contributed by atoms with Crippen LogP contribution in [0.1, 0.15) is 29.6 Å². The average molecular weight is 443 g/mol. The van der Waals surface area contributed by atoms with Crippen molar-refractivity contribution in [2.75, 3.05) is 50.6 Å². The van der Waals surface area contributed by atoms with Crippen molar-refractivity contribution >= 4 is 23.3 Å². The van der Waals surface area contributed by atoms with E-state index in [1.807, 2.05) is 0 Å². The summed E-state index contributed by atoms with van der Waals surface area (Å²) in [5.41, 5.74) is 6.65. The van der Waals surface area contributed by atoms with Crippen molar-refractivity contribution < 1.29 is 19.1 Å². The second kappa shape index (κ2) is 12.1. The molecule has 3 rings (SSSR count). The van der Waals surface area contributed by atoms with Crippen molar-refractivity contribution in [1.82, 2.24) is 15.1 Å². The molecule has 1 aromatic carbocycles. The Morgan fingerprint density at radius 3 is 2.59 bits per heavy atom. The first-order chi connectivity index (χ1) is 15.5. The van der Waals surface area contributed by atoms with E-state index in [4.69, 9.17) is 15.2 Å². The Hall–Kier alpha value is -3.08. The number of benzene rings is 1. The third kappa shape index (κ3) is 7.26. The highest BCUT2D eigenvalue weighted by atomic mass is 16.5. The Labute approximate surface area is 187 Å². The van der Waals surface area contributed by atoms with E-state index in [9.17, 15) is 9.59 Å². The number of aromatic nitrogens is 2. The summed E-state index contributed by atoms with van der Waals surface area (Å²) >= 11 is 0. The number of hydrogen-bond acceptors (Lipinski definition) is 8. The number of carbonyl (C=O) groups excluding carboxylic acids is 2. The summed E-state index contributed by atoms with van der Waals surface area (Å²) in [6.07, 6.45) is 2.23. The molecule has 1 saturated heterocycles. The minimum absolute atomic E-state index is 0.199. The molecule has 0 radical (unpaired) electrons. The van der Waals surface area contributed by atoms with Gasteiger partial charge in [0, 0.05) is 18.7 Å². The zero-order valence-electron chi connectivity index (χ0n) is 18.3. The van der Waals surface area contributed by atoms with Crippen LogP contribution in [0.2, 0.25) is 0 Å². The van der Waals surface area contributed by atoms with Gasteiger partial charge in [0.15, 0.2) is 5.82 Å². The van der Waals surface area contributed by atoms with Crippen molar-refractivity contribution in [3.05, 3.63) is 42.0 Å². The highest BCUT2D eigenvalue weighted by molar-refractivity contribution is 6.09. The smallest absolute Gasteiger partial charge is 0.258 e. The van der Waals surface area contributed by atoms with Gasteiger partial charge in [-0.3, -0.25) is 9.59 Å². The molecule has 2 aromatic rings. The Morgan fingerprint density at radius 1 is 1.09 bits per heavy atom. The summed E-state index contributed by atoms with van der Waals surface area (Å²) in [6, 6.07) is 10.3. The highest BCUT2D eigenvalue weighted by Gasteiger charge is 2.16. The fourth-order valence-corrected chi connectivity index (χ4v) is 3.32. The minimum atomic E-state index is -0.405. The summed E-state index contributed by atoms with van der Waals surface area (Å²) < 4.78 is 10.6. The SMILES string of the molecule is COc1ccc(NC(=O)c2ccccc2NC(=O)CCOCCN2CCC(N)CC2)nn1. The quantitative estimate of drug-likeness (QED) is 0.472. The zero-order chi connectivity index (χ0) is 22.8. The summed E-state index contributed by atoms with van der Waals surface area (Å²) in [5.74, 6) is -0.00433. The molecule has 0 atom stereocenters. The molecule has 1 aliphatic heterocycles. The van der Waals surface area contributed by atoms with Crippen LogP contribution in [0.15, 0.2) is 36.4 Å². The second-order valence-electron chi connectivity index (χ2n) is 7.55. The highest BCUT2D eigenvalue weighted by Crippen LogP contribution is 2.17. The predicted molar refractivity (Wildman–Crippen MR) is 121 cm³/mol. The maximum Gasteiger partial charge on any atom is 0.258 e. The molecule has 32 heavy (non-hydrogen) atoms. The van der Waals surface area contributed by atoms with Crippen LogP contribution in [-0.2, 0) is 9.53 Å². The molecule has 0 saturated carbocycles. The molecule has 1 aromatic heterocycles. The molecule has 0 aliphatic carbocycles. The van der Waals surface area contributed by atoms with Gasteiger partial charge in [0.05, 0.1) is 38.0 Å². The number of methoxy groups -OCH3 is 1. The molecule has 10 nitrogen and oxygen atoms in total. The van der Waals surface area contributed by atoms with Gasteiger partial charge in [0.25, 0.3) is 5.91 Å². The van der Waals surface area contributed by atoms with E-state index in [0.717, 1.165) is 32.5 Å². The molecule has 0 bridgehead atoms. The zero-order valence-corrected chi connectivity index (χ0v) is 18.3. The molecule has 2 heterocycles. The standard InChI is InChI=1S/C22H30N6O4/c1-31-21-7-6-19(26-27-21)25-22(30)17-4-2-3-5-18(17)24-20(29)10-14-32-15-13-28-11-8-16(23)9-12-28/h2-7,16H,8-15,23H2,1H3,(H,24,29)(H,25,26,30). The van der Waals surface area contributed by atoms with E-state index in [2.05, 4.69) is 25.7 Å². The lowest BCUT2D eigenvalue weighted by atomic mass is 10.1. The van der Waals surface area contributed by atoms with Gasteiger partial charge in [0.2, 0.25) is 11.8 Å². The van der Waals surface area contributed by atoms with E-state index in [-0.39, 0.29) is 18.1 Å². The van der Waals surface area contributed by atoms with Gasteiger partial charge in [-0.15, -0.1) is 10.2 Å². The molecule has 0 unspecified atom stereocenters. The van der Waals surface area contributed by atoms with Crippen LogP contribution in [0.4, 0.5) is 11.5 Å². The van der Waals surface area contributed by atoms with Crippen LogP contribution in [0.5, 0.6) is 5.88 Å².